The van der Waals surface area contributed by atoms with Crippen LogP contribution in [0.15, 0.2) is 24.3 Å². The molecule has 27 heavy (non-hydrogen) atoms. The van der Waals surface area contributed by atoms with Crippen LogP contribution in [0.3, 0.4) is 0 Å². The molecule has 1 aliphatic heterocycles. The molecule has 0 bridgehead atoms. The molecule has 142 valence electrons. The molecule has 0 N–H and O–H groups in total. The maximum atomic E-state index is 6.32. The summed E-state index contributed by atoms with van der Waals surface area (Å²) in [6.07, 6.45) is 11.0. The Labute approximate surface area is 162 Å². The molecular weight excluding hydrogens is 332 g/mol. The fourth-order valence-corrected chi connectivity index (χ4v) is 5.11. The highest BCUT2D eigenvalue weighted by atomic mass is 16.5. The topological polar surface area (TPSA) is 18.5 Å². The lowest BCUT2D eigenvalue weighted by Gasteiger charge is -2.28. The zero-order valence-corrected chi connectivity index (χ0v) is 16.5. The Morgan fingerprint density at radius 1 is 0.630 bits per heavy atom. The summed E-state index contributed by atoms with van der Waals surface area (Å²) in [4.78, 5) is 0. The van der Waals surface area contributed by atoms with Crippen molar-refractivity contribution in [3.8, 4) is 11.5 Å². The van der Waals surface area contributed by atoms with Crippen molar-refractivity contribution in [2.24, 2.45) is 5.92 Å². The van der Waals surface area contributed by atoms with Gasteiger partial charge in [0.25, 0.3) is 0 Å². The fraction of sp³-hybridized carbons (Fsp3) is 0.520. The van der Waals surface area contributed by atoms with Crippen molar-refractivity contribution in [1.29, 1.82) is 0 Å². The van der Waals surface area contributed by atoms with Crippen molar-refractivity contribution in [2.45, 2.75) is 64.7 Å². The molecule has 0 amide bonds. The smallest absolute Gasteiger partial charge is 0.123 e. The molecule has 0 unspecified atom stereocenters. The number of hydrogen-bond acceptors (Lipinski definition) is 2. The van der Waals surface area contributed by atoms with E-state index < -0.39 is 0 Å². The highest BCUT2D eigenvalue weighted by Crippen LogP contribution is 2.39. The third-order valence-corrected chi connectivity index (χ3v) is 6.62. The van der Waals surface area contributed by atoms with Crippen molar-refractivity contribution < 1.29 is 9.47 Å². The molecular formula is C25H30O2. The number of aryl methyl sites for hydroxylation is 2. The standard InChI is InChI=1S/C25H30O2/c1-17-15-26-24-12-10-18-6-2-4-8-20(18)22(24)14-23-21-9-5-3-7-19(21)11-13-25(23)27-16-17/h10-13,17H,2-9,14-16H2,1H3. The maximum Gasteiger partial charge on any atom is 0.123 e. The third kappa shape index (κ3) is 3.24. The largest absolute Gasteiger partial charge is 0.493 e. The Kier molecular flexibility index (Phi) is 4.59. The van der Waals surface area contributed by atoms with Crippen LogP contribution in [0.25, 0.3) is 0 Å². The quantitative estimate of drug-likeness (QED) is 0.621. The lowest BCUT2D eigenvalue weighted by Crippen LogP contribution is -2.21. The zero-order chi connectivity index (χ0) is 18.2. The van der Waals surface area contributed by atoms with Crippen LogP contribution in [0, 0.1) is 5.92 Å². The summed E-state index contributed by atoms with van der Waals surface area (Å²) < 4.78 is 12.6. The van der Waals surface area contributed by atoms with E-state index in [0.717, 1.165) is 31.1 Å². The molecule has 3 aliphatic rings. The van der Waals surface area contributed by atoms with Crippen LogP contribution in [-0.2, 0) is 32.1 Å². The van der Waals surface area contributed by atoms with E-state index in [2.05, 4.69) is 31.2 Å². The van der Waals surface area contributed by atoms with Crippen LogP contribution in [0.2, 0.25) is 0 Å². The summed E-state index contributed by atoms with van der Waals surface area (Å²) in [6.45, 7) is 3.68. The Bertz CT molecular complexity index is 782. The second kappa shape index (κ2) is 7.22. The lowest BCUT2D eigenvalue weighted by atomic mass is 9.82. The van der Waals surface area contributed by atoms with E-state index in [0.29, 0.717) is 5.92 Å². The van der Waals surface area contributed by atoms with Gasteiger partial charge in [-0.2, -0.15) is 0 Å². The van der Waals surface area contributed by atoms with Crippen molar-refractivity contribution in [1.82, 2.24) is 0 Å². The second-order valence-electron chi connectivity index (χ2n) is 8.68. The molecule has 0 saturated heterocycles. The molecule has 2 aliphatic carbocycles. The summed E-state index contributed by atoms with van der Waals surface area (Å²) in [5.41, 5.74) is 9.08. The van der Waals surface area contributed by atoms with Crippen LogP contribution in [0.1, 0.15) is 66.0 Å². The molecule has 1 heterocycles. The normalized spacial score (nSPS) is 19.6. The minimum atomic E-state index is 0.385. The van der Waals surface area contributed by atoms with Gasteiger partial charge in [0.15, 0.2) is 0 Å². The molecule has 0 saturated carbocycles. The van der Waals surface area contributed by atoms with Crippen LogP contribution >= 0.6 is 0 Å². The summed E-state index contributed by atoms with van der Waals surface area (Å²) in [5, 5.41) is 0. The van der Waals surface area contributed by atoms with Gasteiger partial charge in [-0.1, -0.05) is 19.1 Å². The van der Waals surface area contributed by atoms with Crippen LogP contribution in [0.5, 0.6) is 11.5 Å². The molecule has 2 aromatic carbocycles. The molecule has 0 atom stereocenters. The Morgan fingerprint density at radius 2 is 1.11 bits per heavy atom. The van der Waals surface area contributed by atoms with Gasteiger partial charge in [0.2, 0.25) is 0 Å². The third-order valence-electron chi connectivity index (χ3n) is 6.62. The number of benzene rings is 2. The molecule has 5 rings (SSSR count). The number of ether oxygens (including phenoxy) is 2. The monoisotopic (exact) mass is 362 g/mol. The summed E-state index contributed by atoms with van der Waals surface area (Å²) in [6, 6.07) is 9.12. The number of rotatable bonds is 0. The maximum absolute atomic E-state index is 6.32. The van der Waals surface area contributed by atoms with Crippen molar-refractivity contribution in [3.05, 3.63) is 57.6 Å². The van der Waals surface area contributed by atoms with Crippen LogP contribution in [0.4, 0.5) is 0 Å². The highest BCUT2D eigenvalue weighted by Gasteiger charge is 2.24. The van der Waals surface area contributed by atoms with Crippen molar-refractivity contribution in [3.63, 3.8) is 0 Å². The average molecular weight is 363 g/mol. The Morgan fingerprint density at radius 3 is 1.63 bits per heavy atom. The first-order valence-electron chi connectivity index (χ1n) is 10.8. The first-order valence-corrected chi connectivity index (χ1v) is 10.8. The molecule has 0 spiro atoms. The van der Waals surface area contributed by atoms with Gasteiger partial charge >= 0.3 is 0 Å². The van der Waals surface area contributed by atoms with Gasteiger partial charge in [0, 0.05) is 23.5 Å². The van der Waals surface area contributed by atoms with Gasteiger partial charge in [-0.25, -0.2) is 0 Å². The Hall–Kier alpha value is -1.96. The Balaban J connectivity index is 1.67. The molecule has 0 aromatic heterocycles. The molecule has 2 nitrogen and oxygen atoms in total. The van der Waals surface area contributed by atoms with Crippen molar-refractivity contribution >= 4 is 0 Å². The second-order valence-corrected chi connectivity index (χ2v) is 8.68. The zero-order valence-electron chi connectivity index (χ0n) is 16.5. The highest BCUT2D eigenvalue weighted by molar-refractivity contribution is 5.54. The van der Waals surface area contributed by atoms with E-state index >= 15 is 0 Å². The molecule has 2 aromatic rings. The van der Waals surface area contributed by atoms with Crippen molar-refractivity contribution in [2.75, 3.05) is 13.2 Å². The van der Waals surface area contributed by atoms with E-state index in [1.807, 2.05) is 0 Å². The van der Waals surface area contributed by atoms with E-state index in [4.69, 9.17) is 9.47 Å². The van der Waals surface area contributed by atoms with Gasteiger partial charge in [0.05, 0.1) is 13.2 Å². The predicted octanol–water partition coefficient (Wildman–Crippen LogP) is 5.44. The first kappa shape index (κ1) is 17.2. The van der Waals surface area contributed by atoms with Gasteiger partial charge < -0.3 is 9.47 Å². The minimum Gasteiger partial charge on any atom is -0.493 e. The first-order chi connectivity index (χ1) is 13.3. The van der Waals surface area contributed by atoms with Gasteiger partial charge in [-0.15, -0.1) is 0 Å². The molecule has 0 fully saturated rings. The van der Waals surface area contributed by atoms with E-state index in [9.17, 15) is 0 Å². The summed E-state index contributed by atoms with van der Waals surface area (Å²) >= 11 is 0. The van der Waals surface area contributed by atoms with E-state index in [-0.39, 0.29) is 0 Å². The summed E-state index contributed by atoms with van der Waals surface area (Å²) in [5.74, 6) is 2.61. The van der Waals surface area contributed by atoms with E-state index in [1.54, 1.807) is 22.3 Å². The fourth-order valence-electron chi connectivity index (χ4n) is 5.11. The van der Waals surface area contributed by atoms with Crippen LogP contribution < -0.4 is 9.47 Å². The SMILES string of the molecule is CC1COc2ccc3c(c2Cc2c(ccc4c2CCCC4)OC1)CCCC3. The predicted molar refractivity (Wildman–Crippen MR) is 109 cm³/mol. The average Bonchev–Trinajstić information content (AvgIpc) is 2.72. The number of fused-ring (bicyclic) bond motifs is 6. The lowest BCUT2D eigenvalue weighted by molar-refractivity contribution is 0.184. The number of hydrogen-bond donors (Lipinski definition) is 0. The summed E-state index contributed by atoms with van der Waals surface area (Å²) in [7, 11) is 0. The van der Waals surface area contributed by atoms with Crippen LogP contribution in [-0.4, -0.2) is 13.2 Å². The van der Waals surface area contributed by atoms with Gasteiger partial charge in [0.1, 0.15) is 11.5 Å². The molecule has 0 radical (unpaired) electrons. The minimum absolute atomic E-state index is 0.385. The van der Waals surface area contributed by atoms with Gasteiger partial charge in [-0.05, 0) is 85.8 Å². The van der Waals surface area contributed by atoms with E-state index in [1.165, 1.54) is 62.5 Å². The molecule has 2 heteroatoms. The van der Waals surface area contributed by atoms with Gasteiger partial charge in [-0.3, -0.25) is 0 Å².